The van der Waals surface area contributed by atoms with Gasteiger partial charge in [0.15, 0.2) is 0 Å². The molecule has 0 radical (unpaired) electrons. The van der Waals surface area contributed by atoms with Crippen molar-refractivity contribution in [2.45, 2.75) is 105 Å². The second-order valence-electron chi connectivity index (χ2n) is 15.5. The van der Waals surface area contributed by atoms with Crippen LogP contribution in [-0.4, -0.2) is 63.8 Å². The monoisotopic (exact) mass is 657 g/mol. The van der Waals surface area contributed by atoms with E-state index in [-0.39, 0.29) is 0 Å². The Labute approximate surface area is 296 Å². The molecule has 0 saturated carbocycles. The van der Waals surface area contributed by atoms with E-state index in [0.29, 0.717) is 17.8 Å². The third kappa shape index (κ3) is 14.5. The van der Waals surface area contributed by atoms with Gasteiger partial charge in [0, 0.05) is 52.4 Å². The van der Waals surface area contributed by atoms with Crippen LogP contribution in [0.1, 0.15) is 105 Å². The molecule has 5 atom stereocenters. The lowest BCUT2D eigenvalue weighted by atomic mass is 9.77. The lowest BCUT2D eigenvalue weighted by molar-refractivity contribution is 0.296. The van der Waals surface area contributed by atoms with E-state index in [1.165, 1.54) is 76.2 Å². The summed E-state index contributed by atoms with van der Waals surface area (Å²) in [5, 5.41) is 11.4. The van der Waals surface area contributed by atoms with Gasteiger partial charge in [0.2, 0.25) is 0 Å². The maximum atomic E-state index is 3.82. The molecule has 0 spiro atoms. The predicted molar refractivity (Wildman–Crippen MR) is 210 cm³/mol. The maximum Gasteiger partial charge on any atom is 0.0231 e. The van der Waals surface area contributed by atoms with Crippen molar-refractivity contribution < 1.29 is 0 Å². The molecule has 4 aliphatic carbocycles. The molecule has 3 N–H and O–H groups in total. The van der Waals surface area contributed by atoms with Gasteiger partial charge < -0.3 is 16.0 Å². The van der Waals surface area contributed by atoms with Crippen molar-refractivity contribution in [3.8, 4) is 0 Å². The SMILES string of the molecule is CCC1C=CC=CC1C(C)CCNCC1C=CC(CN(CCNC/C2=C(/C)CC/C=C\CC2)CCNC/C2=C/CCCC(C)CC2)=CC1. The molecular formula is C44H72N4. The first-order chi connectivity index (χ1) is 23.5. The molecular weight excluding hydrogens is 585 g/mol. The zero-order valence-electron chi connectivity index (χ0n) is 31.5. The van der Waals surface area contributed by atoms with Gasteiger partial charge in [-0.25, -0.2) is 0 Å². The average molecular weight is 657 g/mol. The molecule has 0 aliphatic heterocycles. The van der Waals surface area contributed by atoms with Crippen LogP contribution >= 0.6 is 0 Å². The second kappa shape index (κ2) is 22.7. The van der Waals surface area contributed by atoms with Crippen LogP contribution < -0.4 is 16.0 Å². The highest BCUT2D eigenvalue weighted by molar-refractivity contribution is 5.25. The predicted octanol–water partition coefficient (Wildman–Crippen LogP) is 9.33. The quantitative estimate of drug-likeness (QED) is 0.0957. The minimum absolute atomic E-state index is 0.608. The van der Waals surface area contributed by atoms with Gasteiger partial charge >= 0.3 is 0 Å². The Morgan fingerprint density at radius 1 is 0.854 bits per heavy atom. The molecule has 4 rings (SSSR count). The first-order valence-corrected chi connectivity index (χ1v) is 20.1. The van der Waals surface area contributed by atoms with E-state index < -0.39 is 0 Å². The summed E-state index contributed by atoms with van der Waals surface area (Å²) in [6.45, 7) is 19.2. The summed E-state index contributed by atoms with van der Waals surface area (Å²) >= 11 is 0. The van der Waals surface area contributed by atoms with E-state index in [1.54, 1.807) is 16.7 Å². The standard InChI is InChI=1S/C44H72N4/c1-5-42-17-12-13-19-44(42)38(4)26-27-45-33-40-22-24-41(25-23-40)35-48(30-28-46-32-39-16-11-10-14-36(2)20-21-39)31-29-47-34-43-18-9-7-6-8-15-37(43)3/h6-7,12-13,16-17,19,22,24-25,36,38,40,42,44-47H,5,8-11,14-15,18,20-21,23,26-35H2,1-4H3/b7-6-,39-16+,43-37-. The topological polar surface area (TPSA) is 39.3 Å². The molecule has 0 saturated heterocycles. The first kappa shape index (κ1) is 38.8. The summed E-state index contributed by atoms with van der Waals surface area (Å²) < 4.78 is 0. The molecule has 0 aromatic rings. The molecule has 268 valence electrons. The summed E-state index contributed by atoms with van der Waals surface area (Å²) in [5.41, 5.74) is 6.36. The van der Waals surface area contributed by atoms with Crippen LogP contribution in [0.4, 0.5) is 0 Å². The van der Waals surface area contributed by atoms with Gasteiger partial charge in [-0.1, -0.05) is 105 Å². The van der Waals surface area contributed by atoms with Gasteiger partial charge in [0.05, 0.1) is 0 Å². The van der Waals surface area contributed by atoms with E-state index in [9.17, 15) is 0 Å². The van der Waals surface area contributed by atoms with E-state index in [2.05, 4.69) is 109 Å². The Bertz CT molecular complexity index is 1140. The average Bonchev–Trinajstić information content (AvgIpc) is 3.09. The molecule has 0 aromatic heterocycles. The third-order valence-electron chi connectivity index (χ3n) is 11.5. The zero-order chi connectivity index (χ0) is 33.8. The fourth-order valence-electron chi connectivity index (χ4n) is 8.00. The summed E-state index contributed by atoms with van der Waals surface area (Å²) in [6, 6.07) is 0. The van der Waals surface area contributed by atoms with Crippen molar-refractivity contribution in [3.63, 3.8) is 0 Å². The van der Waals surface area contributed by atoms with Crippen LogP contribution in [0.15, 0.2) is 83.1 Å². The molecule has 4 heteroatoms. The summed E-state index contributed by atoms with van der Waals surface area (Å²) in [6.07, 6.45) is 39.1. The number of hydrogen-bond donors (Lipinski definition) is 3. The van der Waals surface area contributed by atoms with Crippen LogP contribution in [0.2, 0.25) is 0 Å². The van der Waals surface area contributed by atoms with Crippen molar-refractivity contribution >= 4 is 0 Å². The smallest absolute Gasteiger partial charge is 0.0231 e. The number of nitrogens with one attached hydrogen (secondary N) is 3. The second-order valence-corrected chi connectivity index (χ2v) is 15.5. The molecule has 0 amide bonds. The lowest BCUT2D eigenvalue weighted by Gasteiger charge is -2.29. The van der Waals surface area contributed by atoms with Crippen LogP contribution in [0.3, 0.4) is 0 Å². The summed E-state index contributed by atoms with van der Waals surface area (Å²) in [5.74, 6) is 3.60. The van der Waals surface area contributed by atoms with Gasteiger partial charge in [0.1, 0.15) is 0 Å². The van der Waals surface area contributed by atoms with Gasteiger partial charge in [0.25, 0.3) is 0 Å². The Balaban J connectivity index is 1.20. The highest BCUT2D eigenvalue weighted by Crippen LogP contribution is 2.31. The van der Waals surface area contributed by atoms with Gasteiger partial charge in [-0.2, -0.15) is 0 Å². The van der Waals surface area contributed by atoms with Crippen molar-refractivity contribution in [1.29, 1.82) is 0 Å². The lowest BCUT2D eigenvalue weighted by Crippen LogP contribution is -2.39. The Kier molecular flexibility index (Phi) is 18.3. The van der Waals surface area contributed by atoms with Crippen molar-refractivity contribution in [3.05, 3.63) is 83.1 Å². The van der Waals surface area contributed by atoms with E-state index in [1.807, 2.05) is 0 Å². The van der Waals surface area contributed by atoms with Crippen LogP contribution in [0.5, 0.6) is 0 Å². The number of allylic oxidation sites excluding steroid dienone is 9. The van der Waals surface area contributed by atoms with Gasteiger partial charge in [-0.05, 0) is 119 Å². The number of rotatable bonds is 19. The normalized spacial score (nSPS) is 29.0. The third-order valence-corrected chi connectivity index (χ3v) is 11.5. The highest BCUT2D eigenvalue weighted by Gasteiger charge is 2.23. The van der Waals surface area contributed by atoms with Crippen LogP contribution in [-0.2, 0) is 0 Å². The Morgan fingerprint density at radius 2 is 1.65 bits per heavy atom. The maximum absolute atomic E-state index is 3.82. The highest BCUT2D eigenvalue weighted by atomic mass is 15.1. The first-order valence-electron chi connectivity index (χ1n) is 20.1. The van der Waals surface area contributed by atoms with E-state index in [4.69, 9.17) is 0 Å². The Morgan fingerprint density at radius 3 is 2.44 bits per heavy atom. The van der Waals surface area contributed by atoms with E-state index >= 15 is 0 Å². The fourth-order valence-corrected chi connectivity index (χ4v) is 8.00. The molecule has 0 aromatic carbocycles. The molecule has 0 fully saturated rings. The largest absolute Gasteiger partial charge is 0.316 e. The molecule has 0 bridgehead atoms. The molecule has 5 unspecified atom stereocenters. The van der Waals surface area contributed by atoms with Crippen molar-refractivity contribution in [2.24, 2.45) is 29.6 Å². The van der Waals surface area contributed by atoms with Crippen LogP contribution in [0, 0.1) is 29.6 Å². The van der Waals surface area contributed by atoms with Crippen molar-refractivity contribution in [2.75, 3.05) is 58.9 Å². The summed E-state index contributed by atoms with van der Waals surface area (Å²) in [7, 11) is 0. The van der Waals surface area contributed by atoms with Crippen LogP contribution in [0.25, 0.3) is 0 Å². The fraction of sp³-hybridized carbons (Fsp3) is 0.682. The minimum atomic E-state index is 0.608. The summed E-state index contributed by atoms with van der Waals surface area (Å²) in [4.78, 5) is 2.67. The number of hydrogen-bond acceptors (Lipinski definition) is 4. The molecule has 0 heterocycles. The van der Waals surface area contributed by atoms with E-state index in [0.717, 1.165) is 77.2 Å². The van der Waals surface area contributed by atoms with Crippen molar-refractivity contribution in [1.82, 2.24) is 20.9 Å². The minimum Gasteiger partial charge on any atom is -0.316 e. The number of nitrogens with zero attached hydrogens (tertiary/aromatic N) is 1. The van der Waals surface area contributed by atoms with Gasteiger partial charge in [-0.15, -0.1) is 0 Å². The molecule has 4 aliphatic rings. The zero-order valence-corrected chi connectivity index (χ0v) is 31.5. The Hall–Kier alpha value is -1.98. The van der Waals surface area contributed by atoms with Gasteiger partial charge in [-0.3, -0.25) is 4.90 Å². The molecule has 48 heavy (non-hydrogen) atoms. The molecule has 4 nitrogen and oxygen atoms in total.